The van der Waals surface area contributed by atoms with E-state index in [2.05, 4.69) is 50.8 Å². The van der Waals surface area contributed by atoms with Crippen LogP contribution >= 0.6 is 24.0 Å². The van der Waals surface area contributed by atoms with Crippen molar-refractivity contribution in [3.05, 3.63) is 53.9 Å². The van der Waals surface area contributed by atoms with Crippen LogP contribution in [0.15, 0.2) is 47.7 Å². The van der Waals surface area contributed by atoms with Crippen molar-refractivity contribution in [1.82, 2.24) is 15.2 Å². The number of nitrogens with one attached hydrogen (secondary N) is 2. The molecular weight excluding hydrogens is 415 g/mol. The number of nitrogens with zero attached hydrogens (tertiary/aromatic N) is 2. The highest BCUT2D eigenvalue weighted by Crippen LogP contribution is 2.25. The first kappa shape index (κ1) is 18.6. The third kappa shape index (κ3) is 5.15. The molecule has 5 nitrogen and oxygen atoms in total. The van der Waals surface area contributed by atoms with E-state index in [0.29, 0.717) is 0 Å². The molecule has 0 atom stereocenters. The summed E-state index contributed by atoms with van der Waals surface area (Å²) in [6.07, 6.45) is 6.13. The monoisotopic (exact) mass is 440 g/mol. The molecule has 1 aliphatic heterocycles. The number of ether oxygens (including phenoxy) is 1. The highest BCUT2D eigenvalue weighted by Gasteiger charge is 2.11. The highest BCUT2D eigenvalue weighted by atomic mass is 127. The summed E-state index contributed by atoms with van der Waals surface area (Å²) < 4.78 is 7.69. The van der Waals surface area contributed by atoms with E-state index in [4.69, 9.17) is 4.74 Å². The second kappa shape index (κ2) is 9.56. The zero-order valence-electron chi connectivity index (χ0n) is 14.0. The van der Waals surface area contributed by atoms with E-state index in [1.165, 1.54) is 11.1 Å². The van der Waals surface area contributed by atoms with Gasteiger partial charge in [0.25, 0.3) is 0 Å². The van der Waals surface area contributed by atoms with Crippen LogP contribution in [0.3, 0.4) is 0 Å². The van der Waals surface area contributed by atoms with Gasteiger partial charge in [-0.05, 0) is 35.7 Å². The van der Waals surface area contributed by atoms with Crippen LogP contribution in [0.2, 0.25) is 0 Å². The van der Waals surface area contributed by atoms with Crippen LogP contribution in [0.25, 0.3) is 0 Å². The maximum absolute atomic E-state index is 5.54. The molecule has 0 bridgehead atoms. The average Bonchev–Trinajstić information content (AvgIpc) is 3.24. The molecule has 2 N–H and O–H groups in total. The van der Waals surface area contributed by atoms with E-state index in [0.717, 1.165) is 50.8 Å². The van der Waals surface area contributed by atoms with Gasteiger partial charge in [0.05, 0.1) is 6.61 Å². The maximum atomic E-state index is 5.54. The van der Waals surface area contributed by atoms with Crippen LogP contribution in [0.4, 0.5) is 0 Å². The molecule has 0 unspecified atom stereocenters. The van der Waals surface area contributed by atoms with Gasteiger partial charge < -0.3 is 19.9 Å². The lowest BCUT2D eigenvalue weighted by atomic mass is 10.1. The molecule has 0 fully saturated rings. The van der Waals surface area contributed by atoms with Crippen molar-refractivity contribution in [2.24, 2.45) is 4.99 Å². The topological polar surface area (TPSA) is 50.6 Å². The molecule has 6 heteroatoms. The lowest BCUT2D eigenvalue weighted by Crippen LogP contribution is -2.39. The summed E-state index contributed by atoms with van der Waals surface area (Å²) in [5, 5.41) is 6.70. The lowest BCUT2D eigenvalue weighted by Gasteiger charge is -2.12. The van der Waals surface area contributed by atoms with Gasteiger partial charge in [0.1, 0.15) is 5.75 Å². The molecule has 130 valence electrons. The molecule has 3 rings (SSSR count). The average molecular weight is 440 g/mol. The Morgan fingerprint density at radius 1 is 1.21 bits per heavy atom. The Kier molecular flexibility index (Phi) is 7.42. The van der Waals surface area contributed by atoms with Gasteiger partial charge in [0.15, 0.2) is 5.96 Å². The van der Waals surface area contributed by atoms with E-state index >= 15 is 0 Å². The van der Waals surface area contributed by atoms with Gasteiger partial charge in [-0.2, -0.15) is 0 Å². The van der Waals surface area contributed by atoms with E-state index in [9.17, 15) is 0 Å². The smallest absolute Gasteiger partial charge is 0.191 e. The van der Waals surface area contributed by atoms with Gasteiger partial charge in [-0.15, -0.1) is 24.0 Å². The molecule has 0 amide bonds. The van der Waals surface area contributed by atoms with Crippen molar-refractivity contribution in [2.75, 3.05) is 26.7 Å². The summed E-state index contributed by atoms with van der Waals surface area (Å²) in [7, 11) is 1.80. The van der Waals surface area contributed by atoms with Crippen LogP contribution in [0.1, 0.15) is 11.1 Å². The molecule has 0 saturated heterocycles. The highest BCUT2D eigenvalue weighted by molar-refractivity contribution is 14.0. The SMILES string of the molecule is CN=C(NCCc1ccc2c(c1)CCO2)NCCn1cccc1.I. The molecule has 0 radical (unpaired) electrons. The number of hydrogen-bond acceptors (Lipinski definition) is 2. The number of hydrogen-bond donors (Lipinski definition) is 2. The molecule has 0 aliphatic carbocycles. The Balaban J connectivity index is 0.00000208. The van der Waals surface area contributed by atoms with Crippen LogP contribution in [0, 0.1) is 0 Å². The number of aliphatic imine (C=N–C) groups is 1. The number of aromatic nitrogens is 1. The minimum absolute atomic E-state index is 0. The summed E-state index contributed by atoms with van der Waals surface area (Å²) in [4.78, 5) is 4.26. The summed E-state index contributed by atoms with van der Waals surface area (Å²) in [5.74, 6) is 1.89. The predicted octanol–water partition coefficient (Wildman–Crippen LogP) is 2.45. The Hall–Kier alpha value is -1.70. The molecule has 24 heavy (non-hydrogen) atoms. The number of rotatable bonds is 6. The standard InChI is InChI=1S/C18H24N4O.HI/c1-19-18(21-9-12-22-10-2-3-11-22)20-8-6-15-4-5-17-16(14-15)7-13-23-17;/h2-5,10-11,14H,6-9,12-13H2,1H3,(H2,19,20,21);1H. The summed E-state index contributed by atoms with van der Waals surface area (Å²) in [5.41, 5.74) is 2.67. The molecule has 1 aliphatic rings. The van der Waals surface area contributed by atoms with Gasteiger partial charge in [-0.25, -0.2) is 0 Å². The number of guanidine groups is 1. The largest absolute Gasteiger partial charge is 0.493 e. The van der Waals surface area contributed by atoms with E-state index in [1.54, 1.807) is 7.05 Å². The molecule has 0 spiro atoms. The molecule has 0 saturated carbocycles. The van der Waals surface area contributed by atoms with Crippen molar-refractivity contribution in [1.29, 1.82) is 0 Å². The minimum Gasteiger partial charge on any atom is -0.493 e. The van der Waals surface area contributed by atoms with Crippen molar-refractivity contribution in [2.45, 2.75) is 19.4 Å². The van der Waals surface area contributed by atoms with Crippen molar-refractivity contribution >= 4 is 29.9 Å². The first-order chi connectivity index (χ1) is 11.3. The third-order valence-corrected chi connectivity index (χ3v) is 4.01. The summed E-state index contributed by atoms with van der Waals surface area (Å²) in [6, 6.07) is 10.6. The Morgan fingerprint density at radius 2 is 2.00 bits per heavy atom. The first-order valence-corrected chi connectivity index (χ1v) is 8.15. The molecule has 1 aromatic carbocycles. The van der Waals surface area contributed by atoms with Crippen LogP contribution in [0.5, 0.6) is 5.75 Å². The fraction of sp³-hybridized carbons (Fsp3) is 0.389. The van der Waals surface area contributed by atoms with Crippen molar-refractivity contribution in [3.63, 3.8) is 0 Å². The molecule has 2 aromatic rings. The fourth-order valence-electron chi connectivity index (χ4n) is 2.76. The van der Waals surface area contributed by atoms with Gasteiger partial charge >= 0.3 is 0 Å². The van der Waals surface area contributed by atoms with Gasteiger partial charge in [0, 0.05) is 45.5 Å². The minimum atomic E-state index is 0. The second-order valence-electron chi connectivity index (χ2n) is 5.64. The maximum Gasteiger partial charge on any atom is 0.191 e. The van der Waals surface area contributed by atoms with Crippen molar-refractivity contribution in [3.8, 4) is 5.75 Å². The zero-order valence-corrected chi connectivity index (χ0v) is 16.3. The molecule has 1 aromatic heterocycles. The fourth-order valence-corrected chi connectivity index (χ4v) is 2.76. The van der Waals surface area contributed by atoms with Gasteiger partial charge in [-0.3, -0.25) is 4.99 Å². The second-order valence-corrected chi connectivity index (χ2v) is 5.64. The molecular formula is C18H25IN4O. The van der Waals surface area contributed by atoms with Crippen LogP contribution in [-0.2, 0) is 19.4 Å². The Morgan fingerprint density at radius 3 is 2.79 bits per heavy atom. The lowest BCUT2D eigenvalue weighted by molar-refractivity contribution is 0.357. The zero-order chi connectivity index (χ0) is 15.9. The summed E-state index contributed by atoms with van der Waals surface area (Å²) >= 11 is 0. The molecule has 2 heterocycles. The van der Waals surface area contributed by atoms with E-state index in [1.807, 2.05) is 12.1 Å². The third-order valence-electron chi connectivity index (χ3n) is 4.01. The quantitative estimate of drug-likeness (QED) is 0.412. The van der Waals surface area contributed by atoms with Gasteiger partial charge in [0.2, 0.25) is 0 Å². The van der Waals surface area contributed by atoms with E-state index < -0.39 is 0 Å². The van der Waals surface area contributed by atoms with Gasteiger partial charge in [-0.1, -0.05) is 12.1 Å². The van der Waals surface area contributed by atoms with Crippen molar-refractivity contribution < 1.29 is 4.74 Å². The normalized spacial score (nSPS) is 13.0. The number of halogens is 1. The predicted molar refractivity (Wildman–Crippen MR) is 109 cm³/mol. The Labute approximate surface area is 160 Å². The first-order valence-electron chi connectivity index (χ1n) is 8.15. The van der Waals surface area contributed by atoms with Crippen LogP contribution < -0.4 is 15.4 Å². The van der Waals surface area contributed by atoms with E-state index in [-0.39, 0.29) is 24.0 Å². The van der Waals surface area contributed by atoms with Crippen LogP contribution in [-0.4, -0.2) is 37.3 Å². The Bertz CT molecular complexity index is 655. The number of fused-ring (bicyclic) bond motifs is 1. The summed E-state index contributed by atoms with van der Waals surface area (Å²) in [6.45, 7) is 3.46. The number of benzene rings is 1.